The molecule has 0 aliphatic heterocycles. The lowest BCUT2D eigenvalue weighted by atomic mass is 9.93. The maximum Gasteiger partial charge on any atom is 0.303 e. The third-order valence-electron chi connectivity index (χ3n) is 3.30. The van der Waals surface area contributed by atoms with Gasteiger partial charge >= 0.3 is 5.97 Å². The molecule has 3 N–H and O–H groups in total. The van der Waals surface area contributed by atoms with Crippen molar-refractivity contribution < 1.29 is 24.1 Å². The van der Waals surface area contributed by atoms with Crippen LogP contribution >= 0.6 is 0 Å². The van der Waals surface area contributed by atoms with Crippen molar-refractivity contribution in [2.24, 2.45) is 11.7 Å². The van der Waals surface area contributed by atoms with Gasteiger partial charge in [0.25, 0.3) is 0 Å². The third-order valence-corrected chi connectivity index (χ3v) is 3.30. The van der Waals surface area contributed by atoms with Crippen molar-refractivity contribution in [3.05, 3.63) is 17.7 Å². The summed E-state index contributed by atoms with van der Waals surface area (Å²) in [5.41, 5.74) is 6.94. The number of hydrogen-bond donors (Lipinski definition) is 2. The van der Waals surface area contributed by atoms with E-state index in [1.54, 1.807) is 33.5 Å². The lowest BCUT2D eigenvalue weighted by Crippen LogP contribution is -2.17. The average molecular weight is 297 g/mol. The Morgan fingerprint density at radius 2 is 1.71 bits per heavy atom. The molecule has 118 valence electrons. The molecule has 1 aromatic rings. The Hall–Kier alpha value is -1.95. The fraction of sp³-hybridized carbons (Fsp3) is 0.533. The van der Waals surface area contributed by atoms with Gasteiger partial charge in [-0.05, 0) is 12.3 Å². The highest BCUT2D eigenvalue weighted by atomic mass is 16.5. The maximum atomic E-state index is 10.8. The SMILES string of the molecule is COc1cc(OC)c(C(N)CC(C)CC(=O)O)c(OC)c1. The van der Waals surface area contributed by atoms with Crippen LogP contribution in [0.15, 0.2) is 12.1 Å². The maximum absolute atomic E-state index is 10.8. The van der Waals surface area contributed by atoms with E-state index in [0.717, 1.165) is 5.56 Å². The molecule has 0 aliphatic carbocycles. The van der Waals surface area contributed by atoms with E-state index >= 15 is 0 Å². The summed E-state index contributed by atoms with van der Waals surface area (Å²) in [5, 5.41) is 8.83. The number of hydrogen-bond acceptors (Lipinski definition) is 5. The van der Waals surface area contributed by atoms with E-state index in [2.05, 4.69) is 0 Å². The van der Waals surface area contributed by atoms with Crippen molar-refractivity contribution in [2.75, 3.05) is 21.3 Å². The number of rotatable bonds is 8. The van der Waals surface area contributed by atoms with E-state index in [1.165, 1.54) is 0 Å². The Labute approximate surface area is 124 Å². The van der Waals surface area contributed by atoms with Gasteiger partial charge in [0.05, 0.1) is 26.9 Å². The zero-order valence-corrected chi connectivity index (χ0v) is 12.9. The lowest BCUT2D eigenvalue weighted by molar-refractivity contribution is -0.138. The first-order valence-corrected chi connectivity index (χ1v) is 6.70. The number of carboxylic acids is 1. The summed E-state index contributed by atoms with van der Waals surface area (Å²) in [5.74, 6) is 0.873. The summed E-state index contributed by atoms with van der Waals surface area (Å²) >= 11 is 0. The first kappa shape index (κ1) is 17.1. The van der Waals surface area contributed by atoms with Gasteiger partial charge in [0.1, 0.15) is 17.2 Å². The normalized spacial score (nSPS) is 13.4. The van der Waals surface area contributed by atoms with Crippen LogP contribution in [0.25, 0.3) is 0 Å². The Morgan fingerprint density at radius 3 is 2.10 bits per heavy atom. The monoisotopic (exact) mass is 297 g/mol. The van der Waals surface area contributed by atoms with E-state index in [9.17, 15) is 4.79 Å². The van der Waals surface area contributed by atoms with E-state index in [-0.39, 0.29) is 18.4 Å². The second-order valence-electron chi connectivity index (χ2n) is 4.99. The summed E-state index contributed by atoms with van der Waals surface area (Å²) in [4.78, 5) is 10.8. The molecule has 2 unspecified atom stereocenters. The van der Waals surface area contributed by atoms with Gasteiger partial charge in [-0.15, -0.1) is 0 Å². The second kappa shape index (κ2) is 7.73. The minimum Gasteiger partial charge on any atom is -0.496 e. The van der Waals surface area contributed by atoms with Crippen molar-refractivity contribution in [3.63, 3.8) is 0 Å². The Balaban J connectivity index is 3.06. The summed E-state index contributed by atoms with van der Waals surface area (Å²) in [6.45, 7) is 1.86. The molecule has 0 saturated carbocycles. The fourth-order valence-electron chi connectivity index (χ4n) is 2.33. The van der Waals surface area contributed by atoms with E-state index in [1.807, 2.05) is 6.92 Å². The highest BCUT2D eigenvalue weighted by Crippen LogP contribution is 2.39. The molecule has 0 radical (unpaired) electrons. The number of aliphatic carboxylic acids is 1. The van der Waals surface area contributed by atoms with Gasteiger partial charge in [-0.3, -0.25) is 4.79 Å². The molecular formula is C15H23NO5. The van der Waals surface area contributed by atoms with Crippen LogP contribution < -0.4 is 19.9 Å². The van der Waals surface area contributed by atoms with Gasteiger partial charge in [-0.1, -0.05) is 6.92 Å². The summed E-state index contributed by atoms with van der Waals surface area (Å²) in [6, 6.07) is 3.09. The first-order chi connectivity index (χ1) is 9.92. The zero-order valence-electron chi connectivity index (χ0n) is 12.9. The highest BCUT2D eigenvalue weighted by Gasteiger charge is 2.22. The van der Waals surface area contributed by atoms with Crippen molar-refractivity contribution in [1.82, 2.24) is 0 Å². The predicted octanol–water partition coefficient (Wildman–Crippen LogP) is 2.21. The molecule has 0 saturated heterocycles. The average Bonchev–Trinajstić information content (AvgIpc) is 2.44. The molecule has 2 atom stereocenters. The number of methoxy groups -OCH3 is 3. The van der Waals surface area contributed by atoms with E-state index in [4.69, 9.17) is 25.1 Å². The standard InChI is InChI=1S/C15H23NO5/c1-9(6-14(17)18)5-11(16)15-12(20-3)7-10(19-2)8-13(15)21-4/h7-9,11H,5-6,16H2,1-4H3,(H,17,18). The van der Waals surface area contributed by atoms with Gasteiger partial charge in [0.2, 0.25) is 0 Å². The van der Waals surface area contributed by atoms with Crippen LogP contribution in [0.3, 0.4) is 0 Å². The lowest BCUT2D eigenvalue weighted by Gasteiger charge is -2.22. The van der Waals surface area contributed by atoms with Crippen LogP contribution in [0.5, 0.6) is 17.2 Å². The minimum atomic E-state index is -0.830. The zero-order chi connectivity index (χ0) is 16.0. The molecule has 6 nitrogen and oxygen atoms in total. The van der Waals surface area contributed by atoms with Crippen molar-refractivity contribution >= 4 is 5.97 Å². The van der Waals surface area contributed by atoms with Crippen molar-refractivity contribution in [1.29, 1.82) is 0 Å². The van der Waals surface area contributed by atoms with Crippen molar-refractivity contribution in [3.8, 4) is 17.2 Å². The van der Waals surface area contributed by atoms with Crippen LogP contribution in [0, 0.1) is 5.92 Å². The van der Waals surface area contributed by atoms with Gasteiger partial charge in [0.15, 0.2) is 0 Å². The van der Waals surface area contributed by atoms with Crippen LogP contribution in [-0.4, -0.2) is 32.4 Å². The molecule has 0 amide bonds. The summed E-state index contributed by atoms with van der Waals surface area (Å²) < 4.78 is 15.9. The summed E-state index contributed by atoms with van der Waals surface area (Å²) in [6.07, 6.45) is 0.597. The van der Waals surface area contributed by atoms with E-state index in [0.29, 0.717) is 23.7 Å². The molecule has 6 heteroatoms. The largest absolute Gasteiger partial charge is 0.496 e. The quantitative estimate of drug-likeness (QED) is 0.764. The van der Waals surface area contributed by atoms with Crippen LogP contribution in [0.1, 0.15) is 31.4 Å². The van der Waals surface area contributed by atoms with Crippen LogP contribution in [-0.2, 0) is 4.79 Å². The van der Waals surface area contributed by atoms with E-state index < -0.39 is 5.97 Å². The highest BCUT2D eigenvalue weighted by molar-refractivity contribution is 5.67. The van der Waals surface area contributed by atoms with Gasteiger partial charge < -0.3 is 25.1 Å². The minimum absolute atomic E-state index is 0.0472. The molecule has 0 fully saturated rings. The second-order valence-corrected chi connectivity index (χ2v) is 4.99. The van der Waals surface area contributed by atoms with Crippen LogP contribution in [0.4, 0.5) is 0 Å². The molecule has 0 spiro atoms. The number of benzene rings is 1. The number of carboxylic acid groups (broad SMARTS) is 1. The first-order valence-electron chi connectivity index (χ1n) is 6.70. The summed E-state index contributed by atoms with van der Waals surface area (Å²) in [7, 11) is 4.65. The van der Waals surface area contributed by atoms with Gasteiger partial charge in [0, 0.05) is 24.6 Å². The molecule has 1 aromatic carbocycles. The predicted molar refractivity (Wildman–Crippen MR) is 79.1 cm³/mol. The molecule has 0 aromatic heterocycles. The topological polar surface area (TPSA) is 91.0 Å². The molecular weight excluding hydrogens is 274 g/mol. The molecule has 0 heterocycles. The molecule has 1 rings (SSSR count). The fourth-order valence-corrected chi connectivity index (χ4v) is 2.33. The molecule has 0 bridgehead atoms. The number of nitrogens with two attached hydrogens (primary N) is 1. The smallest absolute Gasteiger partial charge is 0.303 e. The molecule has 21 heavy (non-hydrogen) atoms. The van der Waals surface area contributed by atoms with Crippen LogP contribution in [0.2, 0.25) is 0 Å². The number of ether oxygens (including phenoxy) is 3. The van der Waals surface area contributed by atoms with Gasteiger partial charge in [-0.2, -0.15) is 0 Å². The van der Waals surface area contributed by atoms with Gasteiger partial charge in [-0.25, -0.2) is 0 Å². The Bertz CT molecular complexity index is 464. The third kappa shape index (κ3) is 4.53. The molecule has 0 aliphatic rings. The Kier molecular flexibility index (Phi) is 6.30. The van der Waals surface area contributed by atoms with Crippen molar-refractivity contribution in [2.45, 2.75) is 25.8 Å². The Morgan fingerprint density at radius 1 is 1.19 bits per heavy atom. The number of carbonyl (C=O) groups is 1.